The van der Waals surface area contributed by atoms with E-state index in [1.807, 2.05) is 4.57 Å². The number of fused-ring (bicyclic) bond motifs is 1. The number of benzene rings is 1. The van der Waals surface area contributed by atoms with Crippen LogP contribution < -0.4 is 0 Å². The fourth-order valence-electron chi connectivity index (χ4n) is 2.43. The van der Waals surface area contributed by atoms with Crippen LogP contribution >= 0.6 is 12.2 Å². The Morgan fingerprint density at radius 3 is 2.65 bits per heavy atom. The van der Waals surface area contributed by atoms with E-state index in [-0.39, 0.29) is 11.5 Å². The summed E-state index contributed by atoms with van der Waals surface area (Å²) in [5.74, 6) is -1.12. The van der Waals surface area contributed by atoms with Crippen LogP contribution in [-0.2, 0) is 13.0 Å². The monoisotopic (exact) mass is 252 g/mol. The van der Waals surface area contributed by atoms with Crippen molar-refractivity contribution >= 4 is 12.2 Å². The van der Waals surface area contributed by atoms with Gasteiger partial charge >= 0.3 is 0 Å². The number of rotatable bonds is 1. The van der Waals surface area contributed by atoms with Crippen LogP contribution in [-0.4, -0.2) is 9.55 Å². The predicted octanol–water partition coefficient (Wildman–Crippen LogP) is 3.16. The average molecular weight is 252 g/mol. The minimum Gasteiger partial charge on any atom is -0.337 e. The summed E-state index contributed by atoms with van der Waals surface area (Å²) >= 11 is 5.10. The van der Waals surface area contributed by atoms with E-state index in [1.165, 1.54) is 18.2 Å². The molecule has 0 fully saturated rings. The van der Waals surface area contributed by atoms with Crippen LogP contribution in [0.3, 0.4) is 0 Å². The molecule has 1 N–H and O–H groups in total. The van der Waals surface area contributed by atoms with Gasteiger partial charge in [-0.25, -0.2) is 8.78 Å². The number of aromatic amines is 1. The third kappa shape index (κ3) is 1.61. The van der Waals surface area contributed by atoms with Crippen LogP contribution in [0.15, 0.2) is 24.4 Å². The minimum atomic E-state index is -0.476. The van der Waals surface area contributed by atoms with Crippen molar-refractivity contribution < 1.29 is 8.78 Å². The van der Waals surface area contributed by atoms with Gasteiger partial charge in [-0.05, 0) is 30.8 Å². The maximum absolute atomic E-state index is 13.6. The standard InChI is InChI=1S/C12H10F2N2S/c13-9-2-1-3-10(14)11(9)7-4-8-5-15-12(17)16(8)6-7/h1-3,5,7H,4,6H2,(H,15,17)/t7-/m0/s1. The molecule has 2 heterocycles. The van der Waals surface area contributed by atoms with Crippen LogP contribution in [0.5, 0.6) is 0 Å². The molecular formula is C12H10F2N2S. The van der Waals surface area contributed by atoms with Crippen molar-refractivity contribution in [3.63, 3.8) is 0 Å². The Hall–Kier alpha value is -1.49. The van der Waals surface area contributed by atoms with Gasteiger partial charge in [0.1, 0.15) is 11.6 Å². The maximum atomic E-state index is 13.6. The van der Waals surface area contributed by atoms with Crippen molar-refractivity contribution in [3.05, 3.63) is 52.1 Å². The van der Waals surface area contributed by atoms with Crippen molar-refractivity contribution in [2.24, 2.45) is 0 Å². The minimum absolute atomic E-state index is 0.164. The lowest BCUT2D eigenvalue weighted by Crippen LogP contribution is -2.06. The Morgan fingerprint density at radius 2 is 2.00 bits per heavy atom. The summed E-state index contributed by atoms with van der Waals surface area (Å²) in [5.41, 5.74) is 1.17. The van der Waals surface area contributed by atoms with Gasteiger partial charge in [0, 0.05) is 29.9 Å². The third-order valence-electron chi connectivity index (χ3n) is 3.22. The molecule has 1 aliphatic rings. The molecule has 1 aliphatic heterocycles. The summed E-state index contributed by atoms with van der Waals surface area (Å²) < 4.78 is 29.8. The van der Waals surface area contributed by atoms with Crippen LogP contribution in [0, 0.1) is 16.4 Å². The zero-order valence-corrected chi connectivity index (χ0v) is 9.73. The fourth-order valence-corrected chi connectivity index (χ4v) is 2.68. The Morgan fingerprint density at radius 1 is 1.29 bits per heavy atom. The van der Waals surface area contributed by atoms with Gasteiger partial charge in [-0.3, -0.25) is 0 Å². The molecule has 0 unspecified atom stereocenters. The van der Waals surface area contributed by atoms with Crippen molar-refractivity contribution in [2.75, 3.05) is 0 Å². The summed E-state index contributed by atoms with van der Waals surface area (Å²) in [5, 5.41) is 0. The van der Waals surface area contributed by atoms with E-state index < -0.39 is 11.6 Å². The lowest BCUT2D eigenvalue weighted by atomic mass is 9.96. The fraction of sp³-hybridized carbons (Fsp3) is 0.250. The molecule has 0 saturated carbocycles. The van der Waals surface area contributed by atoms with Gasteiger partial charge in [0.2, 0.25) is 0 Å². The van der Waals surface area contributed by atoms with Gasteiger partial charge in [0.25, 0.3) is 0 Å². The van der Waals surface area contributed by atoms with E-state index in [9.17, 15) is 8.78 Å². The average Bonchev–Trinajstić information content (AvgIpc) is 2.82. The molecule has 0 amide bonds. The van der Waals surface area contributed by atoms with Crippen LogP contribution in [0.2, 0.25) is 0 Å². The first-order valence-corrected chi connectivity index (χ1v) is 5.78. The highest BCUT2D eigenvalue weighted by Crippen LogP contribution is 2.32. The lowest BCUT2D eigenvalue weighted by molar-refractivity contribution is 0.513. The van der Waals surface area contributed by atoms with Crippen molar-refractivity contribution in [1.29, 1.82) is 0 Å². The van der Waals surface area contributed by atoms with Crippen molar-refractivity contribution in [3.8, 4) is 0 Å². The summed E-state index contributed by atoms with van der Waals surface area (Å²) in [6.45, 7) is 0.537. The zero-order chi connectivity index (χ0) is 12.0. The molecule has 3 rings (SSSR count). The smallest absolute Gasteiger partial charge is 0.177 e. The van der Waals surface area contributed by atoms with Crippen LogP contribution in [0.25, 0.3) is 0 Å². The molecule has 17 heavy (non-hydrogen) atoms. The van der Waals surface area contributed by atoms with Gasteiger partial charge in [-0.15, -0.1) is 0 Å². The number of halogens is 2. The SMILES string of the molecule is Fc1cccc(F)c1[C@H]1Cc2c[nH]c(=S)n2C1. The summed E-state index contributed by atoms with van der Waals surface area (Å²) in [7, 11) is 0. The normalized spacial score (nSPS) is 18.4. The number of hydrogen-bond donors (Lipinski definition) is 1. The third-order valence-corrected chi connectivity index (χ3v) is 3.56. The largest absolute Gasteiger partial charge is 0.337 e. The van der Waals surface area contributed by atoms with Gasteiger partial charge in [0.05, 0.1) is 0 Å². The van der Waals surface area contributed by atoms with Crippen molar-refractivity contribution in [2.45, 2.75) is 18.9 Å². The first-order chi connectivity index (χ1) is 8.16. The topological polar surface area (TPSA) is 20.7 Å². The van der Waals surface area contributed by atoms with E-state index in [1.54, 1.807) is 6.20 Å². The van der Waals surface area contributed by atoms with Crippen molar-refractivity contribution in [1.82, 2.24) is 9.55 Å². The second kappa shape index (κ2) is 3.77. The first-order valence-electron chi connectivity index (χ1n) is 5.38. The Labute approximate surface area is 102 Å². The number of hydrogen-bond acceptors (Lipinski definition) is 1. The second-order valence-corrected chi connectivity index (χ2v) is 4.62. The van der Waals surface area contributed by atoms with E-state index in [4.69, 9.17) is 12.2 Å². The Balaban J connectivity index is 2.02. The van der Waals surface area contributed by atoms with Gasteiger partial charge in [-0.2, -0.15) is 0 Å². The highest BCUT2D eigenvalue weighted by atomic mass is 32.1. The molecule has 2 aromatic rings. The molecule has 0 spiro atoms. The first kappa shape index (κ1) is 10.7. The van der Waals surface area contributed by atoms with Gasteiger partial charge in [0.15, 0.2) is 4.77 Å². The van der Waals surface area contributed by atoms with Crippen LogP contribution in [0.1, 0.15) is 17.2 Å². The highest BCUT2D eigenvalue weighted by Gasteiger charge is 2.28. The summed E-state index contributed by atoms with van der Waals surface area (Å²) in [4.78, 5) is 2.93. The van der Waals surface area contributed by atoms with E-state index >= 15 is 0 Å². The molecule has 88 valence electrons. The molecule has 2 nitrogen and oxygen atoms in total. The summed E-state index contributed by atoms with van der Waals surface area (Å²) in [6.07, 6.45) is 2.42. The molecule has 1 atom stereocenters. The number of nitrogens with one attached hydrogen (secondary N) is 1. The molecule has 5 heteroatoms. The Kier molecular flexibility index (Phi) is 2.36. The maximum Gasteiger partial charge on any atom is 0.177 e. The lowest BCUT2D eigenvalue weighted by Gasteiger charge is -2.11. The molecule has 1 aromatic carbocycles. The molecule has 1 aromatic heterocycles. The number of H-pyrrole nitrogens is 1. The van der Waals surface area contributed by atoms with Gasteiger partial charge < -0.3 is 9.55 Å². The molecule has 0 aliphatic carbocycles. The predicted molar refractivity (Wildman–Crippen MR) is 62.4 cm³/mol. The number of imidazole rings is 1. The van der Waals surface area contributed by atoms with E-state index in [2.05, 4.69) is 4.98 Å². The quantitative estimate of drug-likeness (QED) is 0.773. The molecule has 0 bridgehead atoms. The molecule has 0 saturated heterocycles. The Bertz CT molecular complexity index is 609. The zero-order valence-electron chi connectivity index (χ0n) is 8.91. The van der Waals surface area contributed by atoms with E-state index in [0.29, 0.717) is 17.7 Å². The summed E-state index contributed by atoms with van der Waals surface area (Å²) in [6, 6.07) is 3.98. The molecule has 0 radical (unpaired) electrons. The van der Waals surface area contributed by atoms with Crippen LogP contribution in [0.4, 0.5) is 8.78 Å². The molecular weight excluding hydrogens is 242 g/mol. The number of nitrogens with zero attached hydrogens (tertiary/aromatic N) is 1. The number of aromatic nitrogens is 2. The van der Waals surface area contributed by atoms with E-state index in [0.717, 1.165) is 5.69 Å². The second-order valence-electron chi connectivity index (χ2n) is 4.23. The van der Waals surface area contributed by atoms with Gasteiger partial charge in [-0.1, -0.05) is 6.07 Å². The highest BCUT2D eigenvalue weighted by molar-refractivity contribution is 7.71.